The fourth-order valence-corrected chi connectivity index (χ4v) is 5.89. The molecule has 1 heterocycles. The molecule has 1 aliphatic heterocycles. The number of carbonyl (C=O) groups is 1. The summed E-state index contributed by atoms with van der Waals surface area (Å²) in [5.41, 5.74) is -0.402. The van der Waals surface area contributed by atoms with E-state index in [-0.39, 0.29) is 10.7 Å². The zero-order valence-electron chi connectivity index (χ0n) is 20.6. The second-order valence-electron chi connectivity index (χ2n) is 9.05. The van der Waals surface area contributed by atoms with Gasteiger partial charge in [0, 0.05) is 16.3 Å². The number of hydrogen-bond acceptors (Lipinski definition) is 5. The van der Waals surface area contributed by atoms with Crippen molar-refractivity contribution in [3.05, 3.63) is 93.5 Å². The smallest absolute Gasteiger partial charge is 0.322 e. The minimum Gasteiger partial charge on any atom is -0.493 e. The van der Waals surface area contributed by atoms with Crippen LogP contribution in [0.25, 0.3) is 0 Å². The first kappa shape index (κ1) is 27.5. The molecular formula is C27H25Cl3N2O4S. The summed E-state index contributed by atoms with van der Waals surface area (Å²) >= 11 is 18.7. The third kappa shape index (κ3) is 4.74. The Labute approximate surface area is 231 Å². The number of benzene rings is 3. The number of carbonyl (C=O) groups excluding carboxylic acids is 1. The molecule has 6 nitrogen and oxygen atoms in total. The van der Waals surface area contributed by atoms with E-state index in [2.05, 4.69) is 0 Å². The number of nitrogens with zero attached hydrogens (tertiary/aromatic N) is 2. The molecule has 0 N–H and O–H groups in total. The Morgan fingerprint density at radius 1 is 0.946 bits per heavy atom. The Morgan fingerprint density at radius 3 is 1.97 bits per heavy atom. The van der Waals surface area contributed by atoms with Gasteiger partial charge in [-0.05, 0) is 86.0 Å². The molecule has 0 spiro atoms. The van der Waals surface area contributed by atoms with Crippen molar-refractivity contribution < 1.29 is 17.9 Å². The molecule has 1 amide bonds. The van der Waals surface area contributed by atoms with Crippen LogP contribution in [0.4, 0.5) is 4.79 Å². The van der Waals surface area contributed by atoms with Gasteiger partial charge in [0.1, 0.15) is 22.7 Å². The molecule has 4 rings (SSSR count). The molecule has 0 aliphatic carbocycles. The highest BCUT2D eigenvalue weighted by Crippen LogP contribution is 2.54. The average molecular weight is 580 g/mol. The van der Waals surface area contributed by atoms with Gasteiger partial charge in [-0.3, -0.25) is 14.7 Å². The molecule has 1 aliphatic rings. The fraction of sp³-hybridized carbons (Fsp3) is 0.259. The predicted molar refractivity (Wildman–Crippen MR) is 148 cm³/mol. The first-order chi connectivity index (χ1) is 17.3. The van der Waals surface area contributed by atoms with Gasteiger partial charge in [0.15, 0.2) is 9.84 Å². The van der Waals surface area contributed by atoms with Gasteiger partial charge >= 0.3 is 5.37 Å². The summed E-state index contributed by atoms with van der Waals surface area (Å²) in [6.45, 7) is 5.88. The van der Waals surface area contributed by atoms with Crippen molar-refractivity contribution in [2.45, 2.75) is 36.7 Å². The van der Waals surface area contributed by atoms with Crippen molar-refractivity contribution in [1.82, 2.24) is 4.90 Å². The van der Waals surface area contributed by atoms with E-state index >= 15 is 0 Å². The molecule has 0 saturated heterocycles. The summed E-state index contributed by atoms with van der Waals surface area (Å²) in [6, 6.07) is 18.8. The van der Waals surface area contributed by atoms with Crippen LogP contribution in [0.1, 0.15) is 37.5 Å². The number of aliphatic imine (C=N–C) groups is 1. The zero-order valence-corrected chi connectivity index (χ0v) is 23.7. The van der Waals surface area contributed by atoms with Crippen LogP contribution in [0.15, 0.2) is 76.6 Å². The summed E-state index contributed by atoms with van der Waals surface area (Å²) in [5.74, 6) is 0.555. The van der Waals surface area contributed by atoms with Gasteiger partial charge in [-0.1, -0.05) is 47.5 Å². The van der Waals surface area contributed by atoms with Gasteiger partial charge in [-0.2, -0.15) is 0 Å². The largest absolute Gasteiger partial charge is 0.493 e. The third-order valence-electron chi connectivity index (χ3n) is 6.84. The second-order valence-corrected chi connectivity index (χ2v) is 12.3. The van der Waals surface area contributed by atoms with E-state index in [0.717, 1.165) is 17.4 Å². The van der Waals surface area contributed by atoms with E-state index in [0.29, 0.717) is 28.0 Å². The van der Waals surface area contributed by atoms with Gasteiger partial charge in [0.25, 0.3) is 0 Å². The van der Waals surface area contributed by atoms with Crippen molar-refractivity contribution in [3.63, 3.8) is 0 Å². The second kappa shape index (κ2) is 9.95. The van der Waals surface area contributed by atoms with E-state index in [1.165, 1.54) is 17.0 Å². The Kier molecular flexibility index (Phi) is 7.38. The predicted octanol–water partition coefficient (Wildman–Crippen LogP) is 7.05. The number of rotatable bonds is 6. The molecule has 0 unspecified atom stereocenters. The van der Waals surface area contributed by atoms with E-state index < -0.39 is 26.3 Å². The quantitative estimate of drug-likeness (QED) is 0.232. The van der Waals surface area contributed by atoms with Crippen molar-refractivity contribution in [3.8, 4) is 5.75 Å². The van der Waals surface area contributed by atoms with Crippen molar-refractivity contribution >= 4 is 55.8 Å². The van der Waals surface area contributed by atoms with Crippen LogP contribution >= 0.6 is 34.8 Å². The average Bonchev–Trinajstić information content (AvgIpc) is 3.08. The molecule has 0 saturated carbocycles. The lowest BCUT2D eigenvalue weighted by Crippen LogP contribution is -2.53. The highest BCUT2D eigenvalue weighted by atomic mass is 35.5. The number of sulfone groups is 1. The van der Waals surface area contributed by atoms with Crippen LogP contribution in [0, 0.1) is 0 Å². The van der Waals surface area contributed by atoms with Gasteiger partial charge in [0.05, 0.1) is 17.1 Å². The van der Waals surface area contributed by atoms with Crippen molar-refractivity contribution in [2.75, 3.05) is 12.9 Å². The highest BCUT2D eigenvalue weighted by molar-refractivity contribution is 7.90. The number of hydrogen-bond donors (Lipinski definition) is 0. The summed E-state index contributed by atoms with van der Waals surface area (Å²) in [6.07, 6.45) is 1.11. The standard InChI is InChI=1S/C27H25Cl3N2O4S/c1-5-36-23-15-14-21(37(4,34)35)16-22(23)24-31-26(2,17-6-10-19(28)11-7-17)27(3,32(24)25(30)33)18-8-12-20(29)13-9-18/h6-16H,5H2,1-4H3/t26-,27-/m0/s1. The van der Waals surface area contributed by atoms with E-state index in [9.17, 15) is 13.2 Å². The van der Waals surface area contributed by atoms with Crippen LogP contribution in [-0.2, 0) is 20.9 Å². The Hall–Kier alpha value is -2.58. The molecule has 0 aromatic heterocycles. The zero-order chi connectivity index (χ0) is 27.2. The van der Waals surface area contributed by atoms with Gasteiger partial charge < -0.3 is 4.74 Å². The van der Waals surface area contributed by atoms with Crippen LogP contribution in [0.5, 0.6) is 5.75 Å². The summed E-state index contributed by atoms with van der Waals surface area (Å²) < 4.78 is 30.7. The molecule has 0 fully saturated rings. The Bertz CT molecular complexity index is 1490. The summed E-state index contributed by atoms with van der Waals surface area (Å²) in [5, 5.41) is 0.288. The van der Waals surface area contributed by atoms with Gasteiger partial charge in [-0.15, -0.1) is 0 Å². The normalized spacial score (nSPS) is 21.6. The molecule has 10 heteroatoms. The lowest BCUT2D eigenvalue weighted by Gasteiger charge is -2.44. The van der Waals surface area contributed by atoms with E-state index in [1.807, 2.05) is 45.0 Å². The maximum Gasteiger partial charge on any atom is 0.322 e. The topological polar surface area (TPSA) is 76.0 Å². The summed E-state index contributed by atoms with van der Waals surface area (Å²) in [4.78, 5) is 19.8. The molecular weight excluding hydrogens is 555 g/mol. The first-order valence-corrected chi connectivity index (χ1v) is 14.4. The molecule has 194 valence electrons. The lowest BCUT2D eigenvalue weighted by atomic mass is 9.71. The van der Waals surface area contributed by atoms with Crippen LogP contribution in [0.3, 0.4) is 0 Å². The van der Waals surface area contributed by atoms with Gasteiger partial charge in [0.2, 0.25) is 0 Å². The molecule has 3 aromatic carbocycles. The molecule has 0 radical (unpaired) electrons. The van der Waals surface area contributed by atoms with Crippen LogP contribution < -0.4 is 4.74 Å². The maximum atomic E-state index is 13.2. The lowest BCUT2D eigenvalue weighted by molar-refractivity contribution is 0.149. The molecule has 3 aromatic rings. The van der Waals surface area contributed by atoms with Gasteiger partial charge in [-0.25, -0.2) is 8.42 Å². The monoisotopic (exact) mass is 578 g/mol. The SMILES string of the molecule is CCOc1ccc(S(C)(=O)=O)cc1C1=N[C@@](C)(c2ccc(Cl)cc2)[C@](C)(c2ccc(Cl)cc2)N1C(=O)Cl. The van der Waals surface area contributed by atoms with Crippen molar-refractivity contribution in [2.24, 2.45) is 4.99 Å². The number of amides is 1. The van der Waals surface area contributed by atoms with Crippen LogP contribution in [0.2, 0.25) is 10.0 Å². The summed E-state index contributed by atoms with van der Waals surface area (Å²) in [7, 11) is -3.57. The Morgan fingerprint density at radius 2 is 1.49 bits per heavy atom. The van der Waals surface area contributed by atoms with Crippen LogP contribution in [-0.4, -0.2) is 37.4 Å². The van der Waals surface area contributed by atoms with E-state index in [1.54, 1.807) is 30.3 Å². The van der Waals surface area contributed by atoms with E-state index in [4.69, 9.17) is 44.5 Å². The molecule has 2 atom stereocenters. The first-order valence-electron chi connectivity index (χ1n) is 11.4. The minimum atomic E-state index is -3.57. The molecule has 0 bridgehead atoms. The number of amidine groups is 1. The number of halogens is 3. The Balaban J connectivity index is 2.09. The fourth-order valence-electron chi connectivity index (χ4n) is 4.74. The molecule has 37 heavy (non-hydrogen) atoms. The third-order valence-corrected chi connectivity index (χ3v) is 8.63. The number of ether oxygens (including phenoxy) is 1. The maximum absolute atomic E-state index is 13.2. The minimum absolute atomic E-state index is 0.0592. The van der Waals surface area contributed by atoms with Crippen molar-refractivity contribution in [1.29, 1.82) is 0 Å². The highest BCUT2D eigenvalue weighted by Gasteiger charge is 2.59.